The molecule has 0 spiro atoms. The van der Waals surface area contributed by atoms with Crippen LogP contribution in [0.4, 0.5) is 0 Å². The summed E-state index contributed by atoms with van der Waals surface area (Å²) < 4.78 is 2.66. The van der Waals surface area contributed by atoms with E-state index in [2.05, 4.69) is 183 Å². The molecule has 3 heterocycles. The first-order chi connectivity index (χ1) is 24.0. The zero-order valence-corrected chi connectivity index (χ0v) is 30.1. The van der Waals surface area contributed by atoms with Gasteiger partial charge >= 0.3 is 0 Å². The van der Waals surface area contributed by atoms with Gasteiger partial charge in [-0.25, -0.2) is 0 Å². The van der Waals surface area contributed by atoms with Gasteiger partial charge in [0.25, 0.3) is 0 Å². The minimum absolute atomic E-state index is 1.28. The molecule has 1 aliphatic rings. The van der Waals surface area contributed by atoms with Gasteiger partial charge in [-0.15, -0.1) is 22.7 Å². The van der Waals surface area contributed by atoms with Crippen LogP contribution in [0.3, 0.4) is 0 Å². The lowest BCUT2D eigenvalue weighted by Crippen LogP contribution is -2.28. The number of hydrogen-bond acceptors (Lipinski definition) is 2. The lowest BCUT2D eigenvalue weighted by molar-refractivity contribution is 1.58. The first-order valence-electron chi connectivity index (χ1n) is 16.8. The Morgan fingerprint density at radius 3 is 1.14 bits per heavy atom. The Hall–Kier alpha value is -5.06. The number of hydrogen-bond donors (Lipinski definition) is 0. The zero-order valence-electron chi connectivity index (χ0n) is 27.5. The molecule has 0 unspecified atom stereocenters. The van der Waals surface area contributed by atoms with Gasteiger partial charge < -0.3 is 0 Å². The van der Waals surface area contributed by atoms with E-state index in [0.717, 1.165) is 0 Å². The largest absolute Gasteiger partial charge is 0.135 e. The molecule has 0 saturated heterocycles. The van der Waals surface area contributed by atoms with Crippen LogP contribution in [-0.4, -0.2) is 8.07 Å². The molecule has 0 radical (unpaired) electrons. The molecule has 9 rings (SSSR count). The summed E-state index contributed by atoms with van der Waals surface area (Å²) in [5, 5.41) is 5.62. The lowest BCUT2D eigenvalue weighted by atomic mass is 9.89. The average Bonchev–Trinajstić information content (AvgIpc) is 3.85. The van der Waals surface area contributed by atoms with Crippen molar-refractivity contribution >= 4 is 72.5 Å². The highest BCUT2D eigenvalue weighted by molar-refractivity contribution is 7.22. The summed E-state index contributed by atoms with van der Waals surface area (Å²) in [7, 11) is -2.32. The fourth-order valence-corrected chi connectivity index (χ4v) is 13.6. The SMILES string of the molecule is C[Si]1(C)C(c2cccc(-c3cc4ccccc4s3)c2)=C(c2ccccc2)C(c2ccccc2)=C1c1cccc(-c2cc3ccccc3s2)c1. The number of benzene rings is 6. The number of fused-ring (bicyclic) bond motifs is 2. The van der Waals surface area contributed by atoms with Crippen molar-refractivity contribution in [2.75, 3.05) is 0 Å². The fourth-order valence-electron chi connectivity index (χ4n) is 7.70. The van der Waals surface area contributed by atoms with Gasteiger partial charge in [0, 0.05) is 19.2 Å². The van der Waals surface area contributed by atoms with Crippen LogP contribution in [0.15, 0.2) is 170 Å². The van der Waals surface area contributed by atoms with Gasteiger partial charge in [-0.05, 0) is 102 Å². The highest BCUT2D eigenvalue weighted by Crippen LogP contribution is 2.56. The van der Waals surface area contributed by atoms with E-state index in [1.165, 1.54) is 84.8 Å². The van der Waals surface area contributed by atoms with Gasteiger partial charge in [-0.1, -0.05) is 147 Å². The Bertz CT molecular complexity index is 2320. The van der Waals surface area contributed by atoms with Crippen molar-refractivity contribution in [1.29, 1.82) is 0 Å². The van der Waals surface area contributed by atoms with Crippen molar-refractivity contribution < 1.29 is 0 Å². The maximum Gasteiger partial charge on any atom is 0.115 e. The van der Waals surface area contributed by atoms with Crippen molar-refractivity contribution in [3.8, 4) is 20.9 Å². The van der Waals surface area contributed by atoms with Crippen LogP contribution >= 0.6 is 22.7 Å². The lowest BCUT2D eigenvalue weighted by Gasteiger charge is -2.27. The molecule has 0 bridgehead atoms. The molecule has 2 aromatic heterocycles. The Labute approximate surface area is 297 Å². The molecular formula is C46H34S2Si. The van der Waals surface area contributed by atoms with E-state index < -0.39 is 8.07 Å². The molecule has 234 valence electrons. The molecule has 0 N–H and O–H groups in total. The summed E-state index contributed by atoms with van der Waals surface area (Å²) in [4.78, 5) is 2.63. The van der Waals surface area contributed by atoms with E-state index in [-0.39, 0.29) is 0 Å². The Morgan fingerprint density at radius 2 is 0.714 bits per heavy atom. The van der Waals surface area contributed by atoms with Gasteiger partial charge in [-0.2, -0.15) is 0 Å². The maximum atomic E-state index is 2.56. The summed E-state index contributed by atoms with van der Waals surface area (Å²) >= 11 is 3.76. The van der Waals surface area contributed by atoms with Crippen LogP contribution in [0.1, 0.15) is 22.3 Å². The van der Waals surface area contributed by atoms with Crippen molar-refractivity contribution in [3.63, 3.8) is 0 Å². The van der Waals surface area contributed by atoms with Gasteiger partial charge in [0.15, 0.2) is 0 Å². The number of allylic oxidation sites excluding steroid dienone is 2. The molecule has 8 aromatic rings. The molecule has 0 atom stereocenters. The van der Waals surface area contributed by atoms with Gasteiger partial charge in [0.2, 0.25) is 0 Å². The molecule has 49 heavy (non-hydrogen) atoms. The second-order valence-electron chi connectivity index (χ2n) is 13.3. The van der Waals surface area contributed by atoms with E-state index in [0.29, 0.717) is 0 Å². The number of rotatable bonds is 6. The Balaban J connectivity index is 1.28. The first kappa shape index (κ1) is 30.0. The highest BCUT2D eigenvalue weighted by atomic mass is 32.1. The van der Waals surface area contributed by atoms with Crippen LogP contribution in [-0.2, 0) is 0 Å². The third-order valence-electron chi connectivity index (χ3n) is 9.85. The molecule has 0 nitrogen and oxygen atoms in total. The quantitative estimate of drug-likeness (QED) is 0.154. The van der Waals surface area contributed by atoms with Gasteiger partial charge in [0.1, 0.15) is 8.07 Å². The Kier molecular flexibility index (Phi) is 7.43. The highest BCUT2D eigenvalue weighted by Gasteiger charge is 2.44. The molecular weight excluding hydrogens is 645 g/mol. The van der Waals surface area contributed by atoms with Crippen molar-refractivity contribution in [1.82, 2.24) is 0 Å². The van der Waals surface area contributed by atoms with E-state index >= 15 is 0 Å². The van der Waals surface area contributed by atoms with E-state index in [9.17, 15) is 0 Å². The third-order valence-corrected chi connectivity index (χ3v) is 15.8. The van der Waals surface area contributed by atoms with Crippen molar-refractivity contribution in [2.24, 2.45) is 0 Å². The first-order valence-corrected chi connectivity index (χ1v) is 21.5. The predicted molar refractivity (Wildman–Crippen MR) is 219 cm³/mol. The van der Waals surface area contributed by atoms with Crippen LogP contribution < -0.4 is 0 Å². The predicted octanol–water partition coefficient (Wildman–Crippen LogP) is 13.8. The van der Waals surface area contributed by atoms with Crippen molar-refractivity contribution in [3.05, 3.63) is 192 Å². The Morgan fingerprint density at radius 1 is 0.347 bits per heavy atom. The fraction of sp³-hybridized carbons (Fsp3) is 0.0435. The van der Waals surface area contributed by atoms with E-state index in [1.807, 2.05) is 22.7 Å². The number of thiophene rings is 2. The smallest absolute Gasteiger partial charge is 0.115 e. The van der Waals surface area contributed by atoms with Crippen LogP contribution in [0.5, 0.6) is 0 Å². The minimum atomic E-state index is -2.32. The van der Waals surface area contributed by atoms with E-state index in [1.54, 1.807) is 0 Å². The average molecular weight is 679 g/mol. The molecule has 6 aromatic carbocycles. The molecule has 0 aliphatic carbocycles. The second kappa shape index (κ2) is 12.1. The second-order valence-corrected chi connectivity index (χ2v) is 19.7. The zero-order chi connectivity index (χ0) is 33.0. The summed E-state index contributed by atoms with van der Waals surface area (Å²) in [6.45, 7) is 5.13. The van der Waals surface area contributed by atoms with Crippen LogP contribution in [0.25, 0.3) is 62.6 Å². The summed E-state index contributed by atoms with van der Waals surface area (Å²) in [5.41, 5.74) is 10.5. The standard InChI is InChI=1S/C46H34S2Si/c1-49(2)45(37-23-13-21-33(27-37)41-29-35-19-9-11-25-39(35)47-41)43(31-15-5-3-6-16-31)44(32-17-7-4-8-18-32)46(49)38-24-14-22-34(28-38)42-30-36-20-10-12-26-40(36)48-42/h3-30H,1-2H3. The van der Waals surface area contributed by atoms with Gasteiger partial charge in [0.05, 0.1) is 0 Å². The maximum absolute atomic E-state index is 2.56. The summed E-state index contributed by atoms with van der Waals surface area (Å²) in [5.74, 6) is 0. The topological polar surface area (TPSA) is 0 Å². The third kappa shape index (κ3) is 5.26. The molecule has 3 heteroatoms. The van der Waals surface area contributed by atoms with Crippen LogP contribution in [0.2, 0.25) is 13.1 Å². The molecule has 0 amide bonds. The molecule has 0 fully saturated rings. The van der Waals surface area contributed by atoms with Crippen molar-refractivity contribution in [2.45, 2.75) is 13.1 Å². The minimum Gasteiger partial charge on any atom is -0.135 e. The van der Waals surface area contributed by atoms with Crippen LogP contribution in [0, 0.1) is 0 Å². The van der Waals surface area contributed by atoms with E-state index in [4.69, 9.17) is 0 Å². The summed E-state index contributed by atoms with van der Waals surface area (Å²) in [6, 6.07) is 63.0. The summed E-state index contributed by atoms with van der Waals surface area (Å²) in [6.07, 6.45) is 0. The van der Waals surface area contributed by atoms with Gasteiger partial charge in [-0.3, -0.25) is 0 Å². The monoisotopic (exact) mass is 678 g/mol. The molecule has 1 aliphatic heterocycles. The molecule has 0 saturated carbocycles. The normalized spacial score (nSPS) is 14.3.